The van der Waals surface area contributed by atoms with E-state index in [-0.39, 0.29) is 11.8 Å². The number of nitrogens with one attached hydrogen (secondary N) is 1. The zero-order valence-corrected chi connectivity index (χ0v) is 15.0. The van der Waals surface area contributed by atoms with Crippen molar-refractivity contribution in [1.29, 1.82) is 0 Å². The van der Waals surface area contributed by atoms with E-state index in [1.165, 1.54) is 6.92 Å². The predicted molar refractivity (Wildman–Crippen MR) is 97.1 cm³/mol. The Morgan fingerprint density at radius 3 is 2.75 bits per heavy atom. The molecule has 0 unspecified atom stereocenters. The lowest BCUT2D eigenvalue weighted by molar-refractivity contribution is -0.118. The van der Waals surface area contributed by atoms with E-state index in [0.29, 0.717) is 25.1 Å². The Balaban J connectivity index is 1.80. The average molecular weight is 388 g/mol. The maximum Gasteiger partial charge on any atom is 0.227 e. The molecule has 2 aromatic rings. The first kappa shape index (κ1) is 16.6. The highest BCUT2D eigenvalue weighted by atomic mass is 79.9. The molecule has 0 fully saturated rings. The molecule has 2 amide bonds. The Hall–Kier alpha value is -2.21. The van der Waals surface area contributed by atoms with Gasteiger partial charge in [0.25, 0.3) is 0 Å². The van der Waals surface area contributed by atoms with E-state index in [4.69, 9.17) is 0 Å². The van der Waals surface area contributed by atoms with Gasteiger partial charge in [-0.1, -0.05) is 15.9 Å². The van der Waals surface area contributed by atoms with Gasteiger partial charge in [0.15, 0.2) is 0 Å². The largest absolute Gasteiger partial charge is 0.324 e. The Labute approximate surface area is 149 Å². The number of hydrogen-bond donors (Lipinski definition) is 1. The van der Waals surface area contributed by atoms with Gasteiger partial charge in [0.2, 0.25) is 11.8 Å². The number of fused-ring (bicyclic) bond motifs is 1. The Kier molecular flexibility index (Phi) is 4.94. The Bertz CT molecular complexity index is 777. The Morgan fingerprint density at radius 1 is 1.29 bits per heavy atom. The first-order valence-corrected chi connectivity index (χ1v) is 8.63. The lowest BCUT2D eigenvalue weighted by Crippen LogP contribution is -2.30. The number of anilines is 2. The van der Waals surface area contributed by atoms with E-state index in [0.717, 1.165) is 27.7 Å². The van der Waals surface area contributed by atoms with Gasteiger partial charge in [0.05, 0.1) is 11.4 Å². The molecule has 5 nitrogen and oxygen atoms in total. The van der Waals surface area contributed by atoms with Crippen molar-refractivity contribution in [3.63, 3.8) is 0 Å². The molecule has 2 heterocycles. The maximum atomic E-state index is 12.7. The van der Waals surface area contributed by atoms with Gasteiger partial charge in [0, 0.05) is 36.8 Å². The summed E-state index contributed by atoms with van der Waals surface area (Å²) in [5, 5.41) is 2.83. The van der Waals surface area contributed by atoms with Crippen LogP contribution in [0.4, 0.5) is 11.4 Å². The quantitative estimate of drug-likeness (QED) is 0.874. The number of carbonyl (C=O) groups is 2. The maximum absolute atomic E-state index is 12.7. The summed E-state index contributed by atoms with van der Waals surface area (Å²) in [7, 11) is 0. The van der Waals surface area contributed by atoms with Gasteiger partial charge in [-0.15, -0.1) is 0 Å². The number of rotatable bonds is 4. The van der Waals surface area contributed by atoms with E-state index >= 15 is 0 Å². The van der Waals surface area contributed by atoms with Gasteiger partial charge >= 0.3 is 0 Å². The van der Waals surface area contributed by atoms with Crippen LogP contribution in [0.25, 0.3) is 0 Å². The second-order valence-corrected chi connectivity index (χ2v) is 6.71. The molecule has 0 saturated heterocycles. The van der Waals surface area contributed by atoms with Crippen molar-refractivity contribution in [3.8, 4) is 0 Å². The van der Waals surface area contributed by atoms with E-state index < -0.39 is 0 Å². The third-order valence-corrected chi connectivity index (χ3v) is 4.47. The third-order valence-electron chi connectivity index (χ3n) is 4.02. The molecule has 24 heavy (non-hydrogen) atoms. The van der Waals surface area contributed by atoms with E-state index in [1.807, 2.05) is 24.3 Å². The zero-order valence-electron chi connectivity index (χ0n) is 13.4. The molecule has 1 N–H and O–H groups in total. The summed E-state index contributed by atoms with van der Waals surface area (Å²) in [5.74, 6) is -0.0779. The van der Waals surface area contributed by atoms with Crippen LogP contribution in [0.2, 0.25) is 0 Å². The topological polar surface area (TPSA) is 62.3 Å². The molecule has 0 radical (unpaired) electrons. The van der Waals surface area contributed by atoms with Crippen molar-refractivity contribution >= 4 is 39.1 Å². The van der Waals surface area contributed by atoms with Crippen molar-refractivity contribution in [3.05, 3.63) is 52.3 Å². The number of benzene rings is 1. The Morgan fingerprint density at radius 2 is 2.04 bits per heavy atom. The highest BCUT2D eigenvalue weighted by molar-refractivity contribution is 9.10. The van der Waals surface area contributed by atoms with Crippen LogP contribution in [-0.4, -0.2) is 23.3 Å². The smallest absolute Gasteiger partial charge is 0.227 e. The first-order valence-electron chi connectivity index (χ1n) is 7.84. The fourth-order valence-corrected chi connectivity index (χ4v) is 3.48. The molecule has 1 aliphatic heterocycles. The summed E-state index contributed by atoms with van der Waals surface area (Å²) in [6.07, 6.45) is 5.37. The van der Waals surface area contributed by atoms with Crippen LogP contribution in [0.5, 0.6) is 0 Å². The van der Waals surface area contributed by atoms with E-state index in [1.54, 1.807) is 17.3 Å². The van der Waals surface area contributed by atoms with Gasteiger partial charge in [0.1, 0.15) is 0 Å². The van der Waals surface area contributed by atoms with Gasteiger partial charge < -0.3 is 10.2 Å². The van der Waals surface area contributed by atoms with Crippen molar-refractivity contribution in [1.82, 2.24) is 4.98 Å². The molecular weight excluding hydrogens is 370 g/mol. The van der Waals surface area contributed by atoms with E-state index in [9.17, 15) is 9.59 Å². The zero-order chi connectivity index (χ0) is 17.1. The molecule has 0 aliphatic carbocycles. The fourth-order valence-electron chi connectivity index (χ4n) is 2.98. The lowest BCUT2D eigenvalue weighted by Gasteiger charge is -2.21. The summed E-state index contributed by atoms with van der Waals surface area (Å²) in [6.45, 7) is 2.12. The predicted octanol–water partition coefficient (Wildman–Crippen LogP) is 3.32. The number of carbonyl (C=O) groups excluding carboxylic acids is 2. The molecule has 3 rings (SSSR count). The monoisotopic (exact) mass is 387 g/mol. The van der Waals surface area contributed by atoms with Crippen LogP contribution >= 0.6 is 15.9 Å². The number of halogens is 1. The van der Waals surface area contributed by atoms with Gasteiger partial charge in [-0.2, -0.15) is 0 Å². The van der Waals surface area contributed by atoms with E-state index in [2.05, 4.69) is 26.2 Å². The molecule has 0 saturated carbocycles. The number of aryl methyl sites for hydroxylation is 1. The van der Waals surface area contributed by atoms with Crippen molar-refractivity contribution < 1.29 is 9.59 Å². The molecule has 1 aromatic heterocycles. The summed E-state index contributed by atoms with van der Waals surface area (Å²) >= 11 is 3.46. The van der Waals surface area contributed by atoms with Crippen LogP contribution in [0, 0.1) is 0 Å². The fraction of sp³-hybridized carbons (Fsp3) is 0.278. The summed E-state index contributed by atoms with van der Waals surface area (Å²) in [6, 6.07) is 7.70. The normalized spacial score (nSPS) is 12.8. The molecule has 1 aliphatic rings. The van der Waals surface area contributed by atoms with Crippen molar-refractivity contribution in [2.45, 2.75) is 26.2 Å². The number of pyridine rings is 1. The molecule has 0 spiro atoms. The summed E-state index contributed by atoms with van der Waals surface area (Å²) in [4.78, 5) is 29.9. The van der Waals surface area contributed by atoms with Crippen molar-refractivity contribution in [2.24, 2.45) is 0 Å². The van der Waals surface area contributed by atoms with Crippen LogP contribution < -0.4 is 10.2 Å². The molecule has 0 bridgehead atoms. The molecule has 6 heteroatoms. The highest BCUT2D eigenvalue weighted by Crippen LogP contribution is 2.38. The number of hydrogen-bond acceptors (Lipinski definition) is 3. The second-order valence-electron chi connectivity index (χ2n) is 5.79. The number of amides is 2. The lowest BCUT2D eigenvalue weighted by atomic mass is 10.1. The SMILES string of the molecule is CC(=O)Nc1cc(Br)cc2c1N(C(=O)CCc1ccncc1)CC2. The van der Waals surface area contributed by atoms with Crippen LogP contribution in [0.15, 0.2) is 41.1 Å². The van der Waals surface area contributed by atoms with Gasteiger partial charge in [-0.3, -0.25) is 14.6 Å². The van der Waals surface area contributed by atoms with Gasteiger partial charge in [-0.25, -0.2) is 0 Å². The standard InChI is InChI=1S/C18H18BrN3O2/c1-12(23)21-16-11-15(19)10-14-6-9-22(18(14)16)17(24)3-2-13-4-7-20-8-5-13/h4-5,7-8,10-11H,2-3,6,9H2,1H3,(H,21,23). The molecule has 0 atom stereocenters. The first-order chi connectivity index (χ1) is 11.5. The highest BCUT2D eigenvalue weighted by Gasteiger charge is 2.28. The number of aromatic nitrogens is 1. The summed E-state index contributed by atoms with van der Waals surface area (Å²) < 4.78 is 0.899. The molecule has 1 aromatic carbocycles. The average Bonchev–Trinajstić information content (AvgIpc) is 2.97. The molecular formula is C18H18BrN3O2. The van der Waals surface area contributed by atoms with Crippen LogP contribution in [0.1, 0.15) is 24.5 Å². The minimum atomic E-state index is -0.147. The van der Waals surface area contributed by atoms with Crippen LogP contribution in [0.3, 0.4) is 0 Å². The summed E-state index contributed by atoms with van der Waals surface area (Å²) in [5.41, 5.74) is 3.68. The minimum Gasteiger partial charge on any atom is -0.324 e. The van der Waals surface area contributed by atoms with Gasteiger partial charge in [-0.05, 0) is 48.2 Å². The molecule has 124 valence electrons. The van der Waals surface area contributed by atoms with Crippen molar-refractivity contribution in [2.75, 3.05) is 16.8 Å². The van der Waals surface area contributed by atoms with Crippen LogP contribution in [-0.2, 0) is 22.4 Å². The second kappa shape index (κ2) is 7.13. The third kappa shape index (κ3) is 3.64. The number of nitrogens with zero attached hydrogens (tertiary/aromatic N) is 2. The minimum absolute atomic E-state index is 0.0690.